The van der Waals surface area contributed by atoms with Crippen LogP contribution in [0.3, 0.4) is 0 Å². The van der Waals surface area contributed by atoms with Crippen LogP contribution < -0.4 is 0 Å². The third kappa shape index (κ3) is 3.88. The molecule has 1 saturated heterocycles. The molecule has 2 heteroatoms. The molecular weight excluding hydrogens is 210 g/mol. The van der Waals surface area contributed by atoms with Gasteiger partial charge in [-0.05, 0) is 24.8 Å². The Morgan fingerprint density at radius 3 is 2.53 bits per heavy atom. The van der Waals surface area contributed by atoms with Gasteiger partial charge in [-0.15, -0.1) is 0 Å². The normalized spacial score (nSPS) is 19.6. The van der Waals surface area contributed by atoms with Crippen molar-refractivity contribution in [3.05, 3.63) is 35.9 Å². The van der Waals surface area contributed by atoms with E-state index in [1.807, 2.05) is 44.0 Å². The van der Waals surface area contributed by atoms with Gasteiger partial charge in [-0.2, -0.15) is 0 Å². The fraction of sp³-hybridized carbons (Fsp3) is 0.533. The number of amides is 1. The molecule has 0 bridgehead atoms. The minimum atomic E-state index is 0.200. The van der Waals surface area contributed by atoms with Crippen molar-refractivity contribution in [1.82, 2.24) is 4.90 Å². The van der Waals surface area contributed by atoms with E-state index < -0.39 is 0 Å². The van der Waals surface area contributed by atoms with Crippen LogP contribution in [-0.4, -0.2) is 24.4 Å². The summed E-state index contributed by atoms with van der Waals surface area (Å²) >= 11 is 0. The van der Waals surface area contributed by atoms with Gasteiger partial charge in [0.25, 0.3) is 0 Å². The number of hydrogen-bond donors (Lipinski definition) is 0. The van der Waals surface area contributed by atoms with Crippen LogP contribution in [0.15, 0.2) is 30.3 Å². The van der Waals surface area contributed by atoms with Crippen molar-refractivity contribution in [2.45, 2.75) is 33.1 Å². The largest absolute Gasteiger partial charge is 0.346 e. The number of hydrogen-bond acceptors (Lipinski definition) is 1. The minimum Gasteiger partial charge on any atom is -0.346 e. The first-order chi connectivity index (χ1) is 8.27. The second-order valence-electron chi connectivity index (χ2n) is 4.29. The summed E-state index contributed by atoms with van der Waals surface area (Å²) in [6.45, 7) is 4.92. The molecule has 2 rings (SSSR count). The van der Waals surface area contributed by atoms with E-state index >= 15 is 0 Å². The zero-order valence-electron chi connectivity index (χ0n) is 11.1. The predicted molar refractivity (Wildman–Crippen MR) is 71.9 cm³/mol. The number of rotatable bonds is 2. The summed E-state index contributed by atoms with van der Waals surface area (Å²) in [7, 11) is 1.90. The van der Waals surface area contributed by atoms with Crippen molar-refractivity contribution >= 4 is 5.91 Å². The number of carbonyl (C=O) groups excluding carboxylic acids is 1. The Hall–Kier alpha value is -1.31. The van der Waals surface area contributed by atoms with E-state index in [0.29, 0.717) is 5.91 Å². The molecule has 0 unspecified atom stereocenters. The Labute approximate surface area is 105 Å². The lowest BCUT2D eigenvalue weighted by Crippen LogP contribution is -2.39. The highest BCUT2D eigenvalue weighted by molar-refractivity contribution is 5.79. The van der Waals surface area contributed by atoms with E-state index in [0.717, 1.165) is 25.8 Å². The molecule has 0 aromatic heterocycles. The SMILES string of the molecule is CC.CN1CCC[C@H](Cc2ccccc2)C1=O. The Bertz CT molecular complexity index is 334. The highest BCUT2D eigenvalue weighted by Gasteiger charge is 2.25. The number of carbonyl (C=O) groups is 1. The van der Waals surface area contributed by atoms with E-state index in [4.69, 9.17) is 0 Å². The zero-order valence-corrected chi connectivity index (χ0v) is 11.1. The summed E-state index contributed by atoms with van der Waals surface area (Å²) in [6, 6.07) is 10.3. The molecule has 1 aliphatic rings. The Balaban J connectivity index is 0.000000686. The minimum absolute atomic E-state index is 0.200. The molecule has 0 radical (unpaired) electrons. The van der Waals surface area contributed by atoms with Crippen molar-refractivity contribution in [3.63, 3.8) is 0 Å². The van der Waals surface area contributed by atoms with Gasteiger partial charge in [-0.25, -0.2) is 0 Å². The van der Waals surface area contributed by atoms with Gasteiger partial charge in [0.1, 0.15) is 0 Å². The first-order valence-corrected chi connectivity index (χ1v) is 6.56. The highest BCUT2D eigenvalue weighted by atomic mass is 16.2. The zero-order chi connectivity index (χ0) is 12.7. The van der Waals surface area contributed by atoms with E-state index in [1.165, 1.54) is 5.56 Å². The lowest BCUT2D eigenvalue weighted by molar-refractivity contribution is -0.136. The van der Waals surface area contributed by atoms with Gasteiger partial charge in [-0.3, -0.25) is 4.79 Å². The second kappa shape index (κ2) is 7.10. The molecule has 1 atom stereocenters. The topological polar surface area (TPSA) is 20.3 Å². The van der Waals surface area contributed by atoms with Crippen LogP contribution in [0.1, 0.15) is 32.3 Å². The number of nitrogens with zero attached hydrogens (tertiary/aromatic N) is 1. The van der Waals surface area contributed by atoms with Crippen LogP contribution in [0.2, 0.25) is 0 Å². The molecule has 0 saturated carbocycles. The molecule has 1 aromatic carbocycles. The van der Waals surface area contributed by atoms with Crippen molar-refractivity contribution in [2.24, 2.45) is 5.92 Å². The first-order valence-electron chi connectivity index (χ1n) is 6.56. The Morgan fingerprint density at radius 2 is 1.88 bits per heavy atom. The van der Waals surface area contributed by atoms with E-state index in [-0.39, 0.29) is 5.92 Å². The fourth-order valence-corrected chi connectivity index (χ4v) is 2.21. The van der Waals surface area contributed by atoms with E-state index in [9.17, 15) is 4.79 Å². The smallest absolute Gasteiger partial charge is 0.225 e. The number of piperidine rings is 1. The maximum Gasteiger partial charge on any atom is 0.225 e. The van der Waals surface area contributed by atoms with Crippen LogP contribution in [0.4, 0.5) is 0 Å². The van der Waals surface area contributed by atoms with Gasteiger partial charge < -0.3 is 4.90 Å². The lowest BCUT2D eigenvalue weighted by Gasteiger charge is -2.29. The predicted octanol–water partition coefficient (Wildman–Crippen LogP) is 3.12. The molecule has 1 fully saturated rings. The molecule has 17 heavy (non-hydrogen) atoms. The fourth-order valence-electron chi connectivity index (χ4n) is 2.21. The van der Waals surface area contributed by atoms with E-state index in [1.54, 1.807) is 0 Å². The van der Waals surface area contributed by atoms with Gasteiger partial charge in [0, 0.05) is 19.5 Å². The second-order valence-corrected chi connectivity index (χ2v) is 4.29. The van der Waals surface area contributed by atoms with Crippen molar-refractivity contribution in [2.75, 3.05) is 13.6 Å². The van der Waals surface area contributed by atoms with E-state index in [2.05, 4.69) is 12.1 Å². The summed E-state index contributed by atoms with van der Waals surface area (Å²) < 4.78 is 0. The highest BCUT2D eigenvalue weighted by Crippen LogP contribution is 2.20. The summed E-state index contributed by atoms with van der Waals surface area (Å²) in [5.41, 5.74) is 1.27. The number of benzene rings is 1. The molecule has 0 aliphatic carbocycles. The molecule has 0 N–H and O–H groups in total. The summed E-state index contributed by atoms with van der Waals surface area (Å²) in [5.74, 6) is 0.510. The average molecular weight is 233 g/mol. The molecule has 0 spiro atoms. The van der Waals surface area contributed by atoms with Gasteiger partial charge in [0.05, 0.1) is 0 Å². The maximum atomic E-state index is 11.9. The molecule has 2 nitrogen and oxygen atoms in total. The number of likely N-dealkylation sites (tertiary alicyclic amines) is 1. The lowest BCUT2D eigenvalue weighted by atomic mass is 9.91. The van der Waals surface area contributed by atoms with Crippen LogP contribution in [0, 0.1) is 5.92 Å². The van der Waals surface area contributed by atoms with Crippen LogP contribution >= 0.6 is 0 Å². The molecule has 94 valence electrons. The first kappa shape index (κ1) is 13.8. The Morgan fingerprint density at radius 1 is 1.24 bits per heavy atom. The van der Waals surface area contributed by atoms with Crippen LogP contribution in [0.5, 0.6) is 0 Å². The van der Waals surface area contributed by atoms with Crippen molar-refractivity contribution < 1.29 is 4.79 Å². The van der Waals surface area contributed by atoms with Gasteiger partial charge in [0.2, 0.25) is 5.91 Å². The molecular formula is C15H23NO. The monoisotopic (exact) mass is 233 g/mol. The molecule has 1 amide bonds. The quantitative estimate of drug-likeness (QED) is 0.768. The van der Waals surface area contributed by atoms with Gasteiger partial charge in [0.15, 0.2) is 0 Å². The summed E-state index contributed by atoms with van der Waals surface area (Å²) in [5, 5.41) is 0. The van der Waals surface area contributed by atoms with Gasteiger partial charge in [-0.1, -0.05) is 44.2 Å². The average Bonchev–Trinajstić information content (AvgIpc) is 2.39. The Kier molecular flexibility index (Phi) is 5.75. The molecule has 1 heterocycles. The maximum absolute atomic E-state index is 11.9. The van der Waals surface area contributed by atoms with Gasteiger partial charge >= 0.3 is 0 Å². The summed E-state index contributed by atoms with van der Waals surface area (Å²) in [4.78, 5) is 13.7. The van der Waals surface area contributed by atoms with Crippen molar-refractivity contribution in [3.8, 4) is 0 Å². The standard InChI is InChI=1S/C13H17NO.C2H6/c1-14-9-5-8-12(13(14)15)10-11-6-3-2-4-7-11;1-2/h2-4,6-7,12H,5,8-10H2,1H3;1-2H3/t12-;/m1./s1. The summed E-state index contributed by atoms with van der Waals surface area (Å²) in [6.07, 6.45) is 3.07. The van der Waals surface area contributed by atoms with Crippen molar-refractivity contribution in [1.29, 1.82) is 0 Å². The molecule has 1 aliphatic heterocycles. The molecule has 1 aromatic rings. The van der Waals surface area contributed by atoms with Crippen LogP contribution in [0.25, 0.3) is 0 Å². The third-order valence-corrected chi connectivity index (χ3v) is 3.10. The third-order valence-electron chi connectivity index (χ3n) is 3.10. The van der Waals surface area contributed by atoms with Crippen LogP contribution in [-0.2, 0) is 11.2 Å².